The number of hydrogen-bond acceptors (Lipinski definition) is 4. The highest BCUT2D eigenvalue weighted by Gasteiger charge is 2.36. The number of carbonyl (C=O) groups is 1. The highest BCUT2D eigenvalue weighted by Crippen LogP contribution is 2.34. The minimum Gasteiger partial charge on any atom is -0.497 e. The number of carbonyl (C=O) groups excluding carboxylic acids is 1. The molecule has 2 aliphatic rings. The lowest BCUT2D eigenvalue weighted by molar-refractivity contribution is -0.139. The number of benzene rings is 2. The molecule has 1 amide bonds. The number of amides is 1. The Morgan fingerprint density at radius 1 is 0.886 bits per heavy atom. The maximum atomic E-state index is 13.7. The first-order valence-corrected chi connectivity index (χ1v) is 14.3. The number of hydrogen-bond donors (Lipinski definition) is 0. The lowest BCUT2D eigenvalue weighted by Crippen LogP contribution is -2.45. The van der Waals surface area contributed by atoms with Crippen LogP contribution in [-0.2, 0) is 14.8 Å². The van der Waals surface area contributed by atoms with Gasteiger partial charge in [-0.15, -0.1) is 0 Å². The molecule has 2 saturated heterocycles. The van der Waals surface area contributed by atoms with Crippen LogP contribution >= 0.6 is 0 Å². The summed E-state index contributed by atoms with van der Waals surface area (Å²) < 4.78 is 33.3. The Balaban J connectivity index is 1.44. The molecular formula is C28H38N2O4S. The van der Waals surface area contributed by atoms with Gasteiger partial charge in [0.1, 0.15) is 5.75 Å². The summed E-state index contributed by atoms with van der Waals surface area (Å²) in [5, 5.41) is 0. The molecule has 2 aliphatic heterocycles. The van der Waals surface area contributed by atoms with Crippen molar-refractivity contribution in [1.29, 1.82) is 0 Å². The molecule has 0 N–H and O–H groups in total. The number of ether oxygens (including phenoxy) is 1. The van der Waals surface area contributed by atoms with Crippen LogP contribution in [0, 0.1) is 5.92 Å². The normalized spacial score (nSPS) is 20.6. The summed E-state index contributed by atoms with van der Waals surface area (Å²) in [6.45, 7) is 5.71. The van der Waals surface area contributed by atoms with Crippen molar-refractivity contribution in [2.45, 2.75) is 69.2 Å². The smallest absolute Gasteiger partial charge is 0.243 e. The molecule has 7 heteroatoms. The highest BCUT2D eigenvalue weighted by molar-refractivity contribution is 7.89. The molecule has 2 aromatic rings. The van der Waals surface area contributed by atoms with Crippen molar-refractivity contribution in [3.8, 4) is 5.75 Å². The SMILES string of the molecule is COc1ccc(C2CCCCCN2C(=O)C2CCN(S(=O)(=O)c3ccc(C(C)C)cc3)CC2)cc1. The van der Waals surface area contributed by atoms with Crippen LogP contribution in [0.25, 0.3) is 0 Å². The topological polar surface area (TPSA) is 66.9 Å². The van der Waals surface area contributed by atoms with Gasteiger partial charge >= 0.3 is 0 Å². The molecule has 0 aromatic heterocycles. The van der Waals surface area contributed by atoms with Crippen LogP contribution in [0.3, 0.4) is 0 Å². The monoisotopic (exact) mass is 498 g/mol. The summed E-state index contributed by atoms with van der Waals surface area (Å²) in [7, 11) is -1.89. The fourth-order valence-electron chi connectivity index (χ4n) is 5.30. The molecule has 2 heterocycles. The Morgan fingerprint density at radius 3 is 2.14 bits per heavy atom. The van der Waals surface area contributed by atoms with Crippen molar-refractivity contribution < 1.29 is 17.9 Å². The maximum absolute atomic E-state index is 13.7. The van der Waals surface area contributed by atoms with E-state index in [9.17, 15) is 13.2 Å². The second kappa shape index (κ2) is 11.1. The predicted molar refractivity (Wildman–Crippen MR) is 138 cm³/mol. The first-order valence-electron chi connectivity index (χ1n) is 12.9. The molecule has 0 aliphatic carbocycles. The molecule has 190 valence electrons. The average molecular weight is 499 g/mol. The number of methoxy groups -OCH3 is 1. The van der Waals surface area contributed by atoms with Crippen LogP contribution < -0.4 is 4.74 Å². The van der Waals surface area contributed by atoms with Crippen molar-refractivity contribution in [3.63, 3.8) is 0 Å². The Hall–Kier alpha value is -2.38. The summed E-state index contributed by atoms with van der Waals surface area (Å²) in [5.41, 5.74) is 2.27. The quantitative estimate of drug-likeness (QED) is 0.538. The third-order valence-corrected chi connectivity index (χ3v) is 9.44. The zero-order valence-corrected chi connectivity index (χ0v) is 22.0. The van der Waals surface area contributed by atoms with Gasteiger partial charge in [-0.2, -0.15) is 4.31 Å². The largest absolute Gasteiger partial charge is 0.497 e. The van der Waals surface area contributed by atoms with Gasteiger partial charge in [0.15, 0.2) is 0 Å². The van der Waals surface area contributed by atoms with Crippen molar-refractivity contribution >= 4 is 15.9 Å². The van der Waals surface area contributed by atoms with E-state index in [4.69, 9.17) is 4.74 Å². The van der Waals surface area contributed by atoms with Crippen LogP contribution in [0.15, 0.2) is 53.4 Å². The number of piperidine rings is 1. The standard InChI is InChI=1S/C28H38N2O4S/c1-21(2)22-10-14-26(15-11-22)35(32,33)29-19-16-24(17-20-29)28(31)30-18-6-4-5-7-27(30)23-8-12-25(34-3)13-9-23/h8-15,21,24,27H,4-7,16-20H2,1-3H3. The number of sulfonamides is 1. The van der Waals surface area contributed by atoms with Crippen molar-refractivity contribution in [2.75, 3.05) is 26.7 Å². The fraction of sp³-hybridized carbons (Fsp3) is 0.536. The summed E-state index contributed by atoms with van der Waals surface area (Å²) in [6.07, 6.45) is 5.33. The Labute approximate surface area is 210 Å². The van der Waals surface area contributed by atoms with Gasteiger partial charge in [-0.1, -0.05) is 51.0 Å². The third kappa shape index (κ3) is 5.72. The fourth-order valence-corrected chi connectivity index (χ4v) is 6.77. The number of nitrogens with zero attached hydrogens (tertiary/aromatic N) is 2. The summed E-state index contributed by atoms with van der Waals surface area (Å²) in [6, 6.07) is 15.3. The van der Waals surface area contributed by atoms with Crippen molar-refractivity contribution in [1.82, 2.24) is 9.21 Å². The van der Waals surface area contributed by atoms with E-state index in [1.54, 1.807) is 23.5 Å². The molecular weight excluding hydrogens is 460 g/mol. The first kappa shape index (κ1) is 25.7. The second-order valence-corrected chi connectivity index (χ2v) is 12.0. The van der Waals surface area contributed by atoms with Gasteiger partial charge in [0.25, 0.3) is 0 Å². The van der Waals surface area contributed by atoms with Crippen LogP contribution in [0.2, 0.25) is 0 Å². The van der Waals surface area contributed by atoms with E-state index in [1.807, 2.05) is 24.3 Å². The minimum atomic E-state index is -3.55. The highest BCUT2D eigenvalue weighted by atomic mass is 32.2. The Kier molecular flexibility index (Phi) is 8.17. The van der Waals surface area contributed by atoms with Gasteiger partial charge in [-0.25, -0.2) is 8.42 Å². The molecule has 6 nitrogen and oxygen atoms in total. The summed E-state index contributed by atoms with van der Waals surface area (Å²) in [4.78, 5) is 16.1. The molecule has 2 fully saturated rings. The molecule has 0 radical (unpaired) electrons. The van der Waals surface area contributed by atoms with Gasteiger partial charge in [-0.3, -0.25) is 4.79 Å². The average Bonchev–Trinajstić information content (AvgIpc) is 3.14. The van der Waals surface area contributed by atoms with Crippen LogP contribution in [0.1, 0.15) is 75.5 Å². The predicted octanol–water partition coefficient (Wildman–Crippen LogP) is 5.36. The molecule has 0 bridgehead atoms. The second-order valence-electron chi connectivity index (χ2n) is 10.1. The molecule has 4 rings (SSSR count). The minimum absolute atomic E-state index is 0.0668. The van der Waals surface area contributed by atoms with Gasteiger partial charge < -0.3 is 9.64 Å². The van der Waals surface area contributed by atoms with E-state index in [-0.39, 0.29) is 17.9 Å². The molecule has 1 atom stereocenters. The summed E-state index contributed by atoms with van der Waals surface area (Å²) >= 11 is 0. The van der Waals surface area contributed by atoms with E-state index in [1.165, 1.54) is 0 Å². The van der Waals surface area contributed by atoms with Crippen LogP contribution in [0.5, 0.6) is 5.75 Å². The van der Waals surface area contributed by atoms with Crippen LogP contribution in [0.4, 0.5) is 0 Å². The lowest BCUT2D eigenvalue weighted by atomic mass is 9.94. The third-order valence-electron chi connectivity index (χ3n) is 7.52. The summed E-state index contributed by atoms with van der Waals surface area (Å²) in [5.74, 6) is 1.21. The first-order chi connectivity index (χ1) is 16.8. The van der Waals surface area contributed by atoms with E-state index >= 15 is 0 Å². The molecule has 0 saturated carbocycles. The van der Waals surface area contributed by atoms with Crippen molar-refractivity contribution in [2.24, 2.45) is 5.92 Å². The Bertz CT molecular complexity index is 1090. The number of rotatable bonds is 6. The zero-order chi connectivity index (χ0) is 25.0. The number of likely N-dealkylation sites (tertiary alicyclic amines) is 1. The maximum Gasteiger partial charge on any atom is 0.243 e. The van der Waals surface area contributed by atoms with Crippen LogP contribution in [-0.4, -0.2) is 50.3 Å². The van der Waals surface area contributed by atoms with Gasteiger partial charge in [0, 0.05) is 25.6 Å². The molecule has 1 unspecified atom stereocenters. The Morgan fingerprint density at radius 2 is 1.54 bits per heavy atom. The van der Waals surface area contributed by atoms with E-state index in [0.717, 1.165) is 49.1 Å². The van der Waals surface area contributed by atoms with Gasteiger partial charge in [0.2, 0.25) is 15.9 Å². The molecule has 0 spiro atoms. The van der Waals surface area contributed by atoms with E-state index < -0.39 is 10.0 Å². The molecule has 2 aromatic carbocycles. The van der Waals surface area contributed by atoms with Crippen molar-refractivity contribution in [3.05, 3.63) is 59.7 Å². The lowest BCUT2D eigenvalue weighted by Gasteiger charge is -2.37. The van der Waals surface area contributed by atoms with Gasteiger partial charge in [0.05, 0.1) is 18.0 Å². The zero-order valence-electron chi connectivity index (χ0n) is 21.2. The van der Waals surface area contributed by atoms with E-state index in [2.05, 4.69) is 30.9 Å². The molecule has 35 heavy (non-hydrogen) atoms. The van der Waals surface area contributed by atoms with E-state index in [0.29, 0.717) is 36.7 Å². The van der Waals surface area contributed by atoms with Gasteiger partial charge in [-0.05, 0) is 67.0 Å².